The molecule has 0 radical (unpaired) electrons. The van der Waals surface area contributed by atoms with Gasteiger partial charge in [0, 0.05) is 22.6 Å². The van der Waals surface area contributed by atoms with Crippen molar-refractivity contribution in [3.63, 3.8) is 0 Å². The van der Waals surface area contributed by atoms with Crippen molar-refractivity contribution in [2.45, 2.75) is 44.1 Å². The van der Waals surface area contributed by atoms with Crippen LogP contribution in [0.25, 0.3) is 10.6 Å². The molecule has 0 atom stereocenters. The molecule has 32 heavy (non-hydrogen) atoms. The molecule has 0 saturated carbocycles. The van der Waals surface area contributed by atoms with E-state index >= 15 is 0 Å². The van der Waals surface area contributed by atoms with Gasteiger partial charge in [0.15, 0.2) is 16.7 Å². The molecule has 168 valence electrons. The van der Waals surface area contributed by atoms with Gasteiger partial charge in [-0.3, -0.25) is 4.57 Å². The minimum Gasteiger partial charge on any atom is -0.493 e. The monoisotopic (exact) mass is 470 g/mol. The number of hydrogen-bond acceptors (Lipinski definition) is 8. The van der Waals surface area contributed by atoms with E-state index in [0.717, 1.165) is 38.8 Å². The fourth-order valence-corrected chi connectivity index (χ4v) is 5.02. The normalized spacial score (nSPS) is 11.3. The van der Waals surface area contributed by atoms with Crippen LogP contribution in [0, 0.1) is 0 Å². The molecule has 0 fully saturated rings. The third-order valence-corrected chi connectivity index (χ3v) is 6.71. The lowest BCUT2D eigenvalue weighted by Crippen LogP contribution is -2.07. The Morgan fingerprint density at radius 1 is 1.19 bits per heavy atom. The predicted molar refractivity (Wildman–Crippen MR) is 127 cm³/mol. The molecule has 4 rings (SSSR count). The molecule has 1 aromatic carbocycles. The van der Waals surface area contributed by atoms with Crippen molar-refractivity contribution in [1.82, 2.24) is 19.7 Å². The standard InChI is InChI=1S/C23H26N4O3S2/c1-5-29-19-9-8-16(11-20(19)28-4)22-24-17(13-31-22)14-32-23-26-25-21(15(2)3)27(23)12-18-7-6-10-30-18/h6-11,13,15H,5,12,14H2,1-4H3. The van der Waals surface area contributed by atoms with Crippen LogP contribution in [0.4, 0.5) is 0 Å². The molecule has 0 aliphatic heterocycles. The van der Waals surface area contributed by atoms with Crippen LogP contribution in [0.3, 0.4) is 0 Å². The van der Waals surface area contributed by atoms with E-state index in [1.807, 2.05) is 37.3 Å². The van der Waals surface area contributed by atoms with E-state index in [-0.39, 0.29) is 5.92 Å². The maximum Gasteiger partial charge on any atom is 0.192 e. The molecule has 0 aliphatic rings. The summed E-state index contributed by atoms with van der Waals surface area (Å²) in [5.41, 5.74) is 2.01. The van der Waals surface area contributed by atoms with Crippen LogP contribution in [0.2, 0.25) is 0 Å². The van der Waals surface area contributed by atoms with Gasteiger partial charge in [-0.15, -0.1) is 21.5 Å². The molecule has 9 heteroatoms. The maximum absolute atomic E-state index is 5.61. The summed E-state index contributed by atoms with van der Waals surface area (Å²) in [5, 5.41) is 12.7. The Morgan fingerprint density at radius 2 is 2.06 bits per heavy atom. The highest BCUT2D eigenvalue weighted by Gasteiger charge is 2.17. The van der Waals surface area contributed by atoms with Gasteiger partial charge in [-0.2, -0.15) is 0 Å². The highest BCUT2D eigenvalue weighted by atomic mass is 32.2. The molecule has 0 bridgehead atoms. The van der Waals surface area contributed by atoms with Crippen LogP contribution in [-0.2, 0) is 12.3 Å². The third kappa shape index (κ3) is 4.99. The zero-order valence-corrected chi connectivity index (χ0v) is 20.2. The fraction of sp³-hybridized carbons (Fsp3) is 0.348. The van der Waals surface area contributed by atoms with Crippen molar-refractivity contribution < 1.29 is 13.9 Å². The Bertz CT molecular complexity index is 1150. The van der Waals surface area contributed by atoms with Gasteiger partial charge in [-0.05, 0) is 37.3 Å². The van der Waals surface area contributed by atoms with Crippen LogP contribution < -0.4 is 9.47 Å². The number of thiazole rings is 1. The van der Waals surface area contributed by atoms with Crippen LogP contribution in [0.5, 0.6) is 11.5 Å². The molecule has 0 aliphatic carbocycles. The Labute approximate surface area is 195 Å². The first-order chi connectivity index (χ1) is 15.6. The van der Waals surface area contributed by atoms with Gasteiger partial charge in [0.2, 0.25) is 0 Å². The summed E-state index contributed by atoms with van der Waals surface area (Å²) < 4.78 is 18.7. The molecule has 0 spiro atoms. The topological polar surface area (TPSA) is 75.2 Å². The highest BCUT2D eigenvalue weighted by Crippen LogP contribution is 2.34. The third-order valence-electron chi connectivity index (χ3n) is 4.77. The number of furan rings is 1. The van der Waals surface area contributed by atoms with Crippen molar-refractivity contribution in [2.24, 2.45) is 0 Å². The first-order valence-corrected chi connectivity index (χ1v) is 12.3. The van der Waals surface area contributed by atoms with Crippen LogP contribution in [0.15, 0.2) is 51.5 Å². The molecule has 0 unspecified atom stereocenters. The lowest BCUT2D eigenvalue weighted by molar-refractivity contribution is 0.311. The Kier molecular flexibility index (Phi) is 7.16. The van der Waals surface area contributed by atoms with Crippen molar-refractivity contribution in [1.29, 1.82) is 0 Å². The number of ether oxygens (including phenoxy) is 2. The molecular weight excluding hydrogens is 444 g/mol. The summed E-state index contributed by atoms with van der Waals surface area (Å²) in [7, 11) is 1.65. The largest absolute Gasteiger partial charge is 0.493 e. The number of thioether (sulfide) groups is 1. The van der Waals surface area contributed by atoms with E-state index in [4.69, 9.17) is 18.9 Å². The average Bonchev–Trinajstić information content (AvgIpc) is 3.54. The molecule has 4 aromatic rings. The second-order valence-electron chi connectivity index (χ2n) is 7.39. The fourth-order valence-electron chi connectivity index (χ4n) is 3.26. The predicted octanol–water partition coefficient (Wildman–Crippen LogP) is 5.87. The van der Waals surface area contributed by atoms with E-state index in [1.165, 1.54) is 0 Å². The first-order valence-electron chi connectivity index (χ1n) is 10.4. The van der Waals surface area contributed by atoms with E-state index in [2.05, 4.69) is 34.0 Å². The summed E-state index contributed by atoms with van der Waals surface area (Å²) in [4.78, 5) is 4.82. The molecule has 0 N–H and O–H groups in total. The van der Waals surface area contributed by atoms with Gasteiger partial charge in [-0.25, -0.2) is 4.98 Å². The van der Waals surface area contributed by atoms with Crippen LogP contribution in [-0.4, -0.2) is 33.5 Å². The summed E-state index contributed by atoms with van der Waals surface area (Å²) in [5.74, 6) is 4.26. The summed E-state index contributed by atoms with van der Waals surface area (Å²) in [6, 6.07) is 9.77. The van der Waals surface area contributed by atoms with Crippen LogP contribution in [0.1, 0.15) is 44.0 Å². The number of rotatable bonds is 10. The van der Waals surface area contributed by atoms with E-state index in [1.54, 1.807) is 36.5 Å². The first kappa shape index (κ1) is 22.4. The summed E-state index contributed by atoms with van der Waals surface area (Å²) >= 11 is 3.25. The van der Waals surface area contributed by atoms with E-state index in [0.29, 0.717) is 24.7 Å². The Morgan fingerprint density at radius 3 is 2.78 bits per heavy atom. The second kappa shape index (κ2) is 10.2. The van der Waals surface area contributed by atoms with Gasteiger partial charge in [0.25, 0.3) is 0 Å². The van der Waals surface area contributed by atoms with Gasteiger partial charge in [0.1, 0.15) is 16.6 Å². The van der Waals surface area contributed by atoms with Crippen molar-refractivity contribution in [3.8, 4) is 22.1 Å². The minimum atomic E-state index is 0.271. The number of hydrogen-bond donors (Lipinski definition) is 0. The van der Waals surface area contributed by atoms with E-state index < -0.39 is 0 Å². The van der Waals surface area contributed by atoms with E-state index in [9.17, 15) is 0 Å². The molecule has 0 amide bonds. The number of aromatic nitrogens is 4. The maximum atomic E-state index is 5.61. The minimum absolute atomic E-state index is 0.271. The lowest BCUT2D eigenvalue weighted by atomic mass is 10.2. The Balaban J connectivity index is 1.49. The number of nitrogens with zero attached hydrogens (tertiary/aromatic N) is 4. The lowest BCUT2D eigenvalue weighted by Gasteiger charge is -2.10. The second-order valence-corrected chi connectivity index (χ2v) is 9.19. The Hall–Kier alpha value is -2.78. The summed E-state index contributed by atoms with van der Waals surface area (Å²) in [6.07, 6.45) is 1.69. The van der Waals surface area contributed by atoms with Gasteiger partial charge in [-0.1, -0.05) is 25.6 Å². The average molecular weight is 471 g/mol. The molecule has 3 aromatic heterocycles. The van der Waals surface area contributed by atoms with Crippen molar-refractivity contribution >= 4 is 23.1 Å². The van der Waals surface area contributed by atoms with Crippen molar-refractivity contribution in [2.75, 3.05) is 13.7 Å². The van der Waals surface area contributed by atoms with Gasteiger partial charge < -0.3 is 13.9 Å². The summed E-state index contributed by atoms with van der Waals surface area (Å²) in [6.45, 7) is 7.41. The zero-order valence-electron chi connectivity index (χ0n) is 18.6. The number of methoxy groups -OCH3 is 1. The smallest absolute Gasteiger partial charge is 0.192 e. The molecule has 3 heterocycles. The quantitative estimate of drug-likeness (QED) is 0.268. The molecule has 0 saturated heterocycles. The van der Waals surface area contributed by atoms with Crippen LogP contribution >= 0.6 is 23.1 Å². The SMILES string of the molecule is CCOc1ccc(-c2nc(CSc3nnc(C(C)C)n3Cc3ccco3)cs2)cc1OC. The molecular formula is C23H26N4O3S2. The molecule has 7 nitrogen and oxygen atoms in total. The zero-order chi connectivity index (χ0) is 22.5. The van der Waals surface area contributed by atoms with Gasteiger partial charge in [0.05, 0.1) is 32.2 Å². The number of benzene rings is 1. The van der Waals surface area contributed by atoms with Gasteiger partial charge >= 0.3 is 0 Å². The highest BCUT2D eigenvalue weighted by molar-refractivity contribution is 7.98. The van der Waals surface area contributed by atoms with Crippen molar-refractivity contribution in [3.05, 3.63) is 59.3 Å².